The fourth-order valence-electron chi connectivity index (χ4n) is 2.31. The minimum absolute atomic E-state index is 0.103. The van der Waals surface area contributed by atoms with E-state index in [1.54, 1.807) is 0 Å². The monoisotopic (exact) mass is 228 g/mol. The van der Waals surface area contributed by atoms with Crippen LogP contribution in [0.4, 0.5) is 0 Å². The number of rotatable bonds is 6. The molecule has 0 aromatic rings. The van der Waals surface area contributed by atoms with Crippen LogP contribution in [0.1, 0.15) is 45.4 Å². The van der Waals surface area contributed by atoms with E-state index in [-0.39, 0.29) is 30.5 Å². The molecule has 4 heteroatoms. The first-order valence-corrected chi connectivity index (χ1v) is 6.29. The summed E-state index contributed by atoms with van der Waals surface area (Å²) >= 11 is 0. The highest BCUT2D eigenvalue weighted by Gasteiger charge is 2.27. The van der Waals surface area contributed by atoms with Crippen molar-refractivity contribution in [1.82, 2.24) is 5.32 Å². The van der Waals surface area contributed by atoms with Crippen LogP contribution in [0.2, 0.25) is 0 Å². The van der Waals surface area contributed by atoms with E-state index >= 15 is 0 Å². The number of carbonyl (C=O) groups excluding carboxylic acids is 1. The van der Waals surface area contributed by atoms with Gasteiger partial charge in [0.25, 0.3) is 0 Å². The molecule has 0 aromatic carbocycles. The van der Waals surface area contributed by atoms with E-state index < -0.39 is 0 Å². The summed E-state index contributed by atoms with van der Waals surface area (Å²) in [6, 6.07) is 0.359. The van der Waals surface area contributed by atoms with E-state index in [1.807, 2.05) is 6.92 Å². The molecule has 94 valence electrons. The molecule has 0 aromatic heterocycles. The van der Waals surface area contributed by atoms with Crippen molar-refractivity contribution >= 4 is 5.91 Å². The number of nitrogens with one attached hydrogen (secondary N) is 1. The largest absolute Gasteiger partial charge is 0.396 e. The molecule has 0 aliphatic heterocycles. The standard InChI is InChI=1S/C12H24N2O2/c1-9(13)4-2-7-12(16)14-11-6-3-5-10(11)8-15/h9-11,15H,2-8,13H2,1H3,(H,14,16). The summed E-state index contributed by atoms with van der Waals surface area (Å²) in [5.41, 5.74) is 5.62. The Balaban J connectivity index is 2.18. The van der Waals surface area contributed by atoms with Crippen LogP contribution < -0.4 is 11.1 Å². The van der Waals surface area contributed by atoms with Crippen molar-refractivity contribution in [2.24, 2.45) is 11.7 Å². The molecule has 1 fully saturated rings. The lowest BCUT2D eigenvalue weighted by molar-refractivity contribution is -0.122. The normalized spacial score (nSPS) is 26.7. The van der Waals surface area contributed by atoms with Gasteiger partial charge in [-0.3, -0.25) is 4.79 Å². The molecule has 1 amide bonds. The zero-order chi connectivity index (χ0) is 12.0. The second kappa shape index (κ2) is 6.86. The molecule has 16 heavy (non-hydrogen) atoms. The second-order valence-electron chi connectivity index (χ2n) is 4.92. The summed E-state index contributed by atoms with van der Waals surface area (Å²) in [7, 11) is 0. The first-order chi connectivity index (χ1) is 7.63. The highest BCUT2D eigenvalue weighted by atomic mass is 16.3. The van der Waals surface area contributed by atoms with Gasteiger partial charge in [0.2, 0.25) is 5.91 Å². The lowest BCUT2D eigenvalue weighted by atomic mass is 10.0. The van der Waals surface area contributed by atoms with Gasteiger partial charge in [-0.2, -0.15) is 0 Å². The minimum Gasteiger partial charge on any atom is -0.396 e. The number of hydrogen-bond acceptors (Lipinski definition) is 3. The predicted octanol–water partition coefficient (Wildman–Crippen LogP) is 0.781. The number of aliphatic hydroxyl groups is 1. The quantitative estimate of drug-likeness (QED) is 0.629. The molecule has 4 N–H and O–H groups in total. The highest BCUT2D eigenvalue weighted by Crippen LogP contribution is 2.25. The molecule has 0 heterocycles. The molecule has 3 unspecified atom stereocenters. The fourth-order valence-corrected chi connectivity index (χ4v) is 2.31. The minimum atomic E-state index is 0.103. The smallest absolute Gasteiger partial charge is 0.220 e. The lowest BCUT2D eigenvalue weighted by Gasteiger charge is -2.19. The first-order valence-electron chi connectivity index (χ1n) is 6.29. The zero-order valence-electron chi connectivity index (χ0n) is 10.1. The van der Waals surface area contributed by atoms with Crippen molar-refractivity contribution < 1.29 is 9.90 Å². The van der Waals surface area contributed by atoms with Gasteiger partial charge in [0, 0.05) is 31.0 Å². The SMILES string of the molecule is CC(N)CCCC(=O)NC1CCCC1CO. The molecular weight excluding hydrogens is 204 g/mol. The molecule has 0 bridgehead atoms. The van der Waals surface area contributed by atoms with E-state index in [4.69, 9.17) is 10.8 Å². The van der Waals surface area contributed by atoms with Crippen molar-refractivity contribution in [2.75, 3.05) is 6.61 Å². The molecule has 1 aliphatic carbocycles. The van der Waals surface area contributed by atoms with E-state index in [1.165, 1.54) is 0 Å². The van der Waals surface area contributed by atoms with Crippen LogP contribution in [0, 0.1) is 5.92 Å². The Hall–Kier alpha value is -0.610. The van der Waals surface area contributed by atoms with Gasteiger partial charge in [-0.25, -0.2) is 0 Å². The molecule has 1 saturated carbocycles. The van der Waals surface area contributed by atoms with Crippen LogP contribution in [-0.4, -0.2) is 29.7 Å². The van der Waals surface area contributed by atoms with Gasteiger partial charge in [0.15, 0.2) is 0 Å². The molecule has 1 aliphatic rings. The van der Waals surface area contributed by atoms with Gasteiger partial charge in [0.05, 0.1) is 0 Å². The number of nitrogens with two attached hydrogens (primary N) is 1. The number of aliphatic hydroxyl groups excluding tert-OH is 1. The molecule has 3 atom stereocenters. The van der Waals surface area contributed by atoms with Crippen molar-refractivity contribution in [3.05, 3.63) is 0 Å². The Morgan fingerprint density at radius 3 is 2.94 bits per heavy atom. The highest BCUT2D eigenvalue weighted by molar-refractivity contribution is 5.76. The molecule has 1 rings (SSSR count). The Morgan fingerprint density at radius 2 is 2.31 bits per heavy atom. The molecule has 0 spiro atoms. The molecular formula is C12H24N2O2. The van der Waals surface area contributed by atoms with Gasteiger partial charge in [-0.1, -0.05) is 6.42 Å². The van der Waals surface area contributed by atoms with Gasteiger partial charge < -0.3 is 16.2 Å². The van der Waals surface area contributed by atoms with Crippen molar-refractivity contribution in [3.63, 3.8) is 0 Å². The maximum Gasteiger partial charge on any atom is 0.220 e. The summed E-state index contributed by atoms with van der Waals surface area (Å²) in [5, 5.41) is 12.1. The average Bonchev–Trinajstić information content (AvgIpc) is 2.64. The molecule has 0 radical (unpaired) electrons. The lowest BCUT2D eigenvalue weighted by Crippen LogP contribution is -2.38. The maximum absolute atomic E-state index is 11.6. The van der Waals surface area contributed by atoms with Crippen LogP contribution in [0.3, 0.4) is 0 Å². The third-order valence-electron chi connectivity index (χ3n) is 3.30. The van der Waals surface area contributed by atoms with Gasteiger partial charge >= 0.3 is 0 Å². The predicted molar refractivity (Wildman–Crippen MR) is 63.9 cm³/mol. The summed E-state index contributed by atoms with van der Waals surface area (Å²) < 4.78 is 0. The van der Waals surface area contributed by atoms with Crippen LogP contribution in [-0.2, 0) is 4.79 Å². The first kappa shape index (κ1) is 13.5. The van der Waals surface area contributed by atoms with Crippen LogP contribution in [0.5, 0.6) is 0 Å². The second-order valence-corrected chi connectivity index (χ2v) is 4.92. The van der Waals surface area contributed by atoms with Gasteiger partial charge in [-0.05, 0) is 32.6 Å². The Labute approximate surface area is 97.6 Å². The molecule has 0 saturated heterocycles. The Morgan fingerprint density at radius 1 is 1.56 bits per heavy atom. The van der Waals surface area contributed by atoms with Crippen molar-refractivity contribution in [1.29, 1.82) is 0 Å². The summed E-state index contributed by atoms with van der Waals surface area (Å²) in [6.45, 7) is 2.14. The van der Waals surface area contributed by atoms with Crippen molar-refractivity contribution in [2.45, 2.75) is 57.5 Å². The number of amides is 1. The third-order valence-corrected chi connectivity index (χ3v) is 3.30. The summed E-state index contributed by atoms with van der Waals surface area (Å²) in [5.74, 6) is 0.364. The Bertz CT molecular complexity index is 219. The van der Waals surface area contributed by atoms with E-state index in [0.29, 0.717) is 6.42 Å². The molecule has 4 nitrogen and oxygen atoms in total. The number of carbonyl (C=O) groups is 1. The van der Waals surface area contributed by atoms with Crippen LogP contribution in [0.25, 0.3) is 0 Å². The van der Waals surface area contributed by atoms with E-state index in [9.17, 15) is 4.79 Å². The Kier molecular flexibility index (Phi) is 5.77. The third kappa shape index (κ3) is 4.49. The fraction of sp³-hybridized carbons (Fsp3) is 0.917. The van der Waals surface area contributed by atoms with Crippen LogP contribution in [0.15, 0.2) is 0 Å². The van der Waals surface area contributed by atoms with Crippen LogP contribution >= 0.6 is 0 Å². The zero-order valence-corrected chi connectivity index (χ0v) is 10.1. The van der Waals surface area contributed by atoms with Gasteiger partial charge in [-0.15, -0.1) is 0 Å². The number of hydrogen-bond donors (Lipinski definition) is 3. The average molecular weight is 228 g/mol. The maximum atomic E-state index is 11.6. The van der Waals surface area contributed by atoms with E-state index in [0.717, 1.165) is 32.1 Å². The van der Waals surface area contributed by atoms with Crippen molar-refractivity contribution in [3.8, 4) is 0 Å². The van der Waals surface area contributed by atoms with Gasteiger partial charge in [0.1, 0.15) is 0 Å². The van der Waals surface area contributed by atoms with E-state index in [2.05, 4.69) is 5.32 Å². The summed E-state index contributed by atoms with van der Waals surface area (Å²) in [6.07, 6.45) is 5.43. The topological polar surface area (TPSA) is 75.4 Å². The summed E-state index contributed by atoms with van der Waals surface area (Å²) in [4.78, 5) is 11.6.